The molecule has 1 aromatic rings. The minimum atomic E-state index is -3.28. The Morgan fingerprint density at radius 2 is 1.83 bits per heavy atom. The number of amides is 1. The highest BCUT2D eigenvalue weighted by atomic mass is 19.3. The molecule has 1 atom stereocenters. The molecule has 128 valence electrons. The van der Waals surface area contributed by atoms with Crippen LogP contribution in [0.4, 0.5) is 8.78 Å². The normalized spacial score (nSPS) is 20.4. The van der Waals surface area contributed by atoms with Crippen LogP contribution in [0.1, 0.15) is 58.2 Å². The van der Waals surface area contributed by atoms with Crippen LogP contribution in [-0.2, 0) is 4.79 Å². The standard InChI is InChI=1S/C17H24F2N2O2/c1-4-10-17(11-5-2)15(22)20-14(21-17)12-8-6-7-9-13(12)23-16(3,18)19/h6-9,14,21H,4-5,10-11H2,1-3H3,(H,20,22). The molecular weight excluding hydrogens is 302 g/mol. The van der Waals surface area contributed by atoms with E-state index in [1.54, 1.807) is 18.2 Å². The molecule has 23 heavy (non-hydrogen) atoms. The van der Waals surface area contributed by atoms with Crippen molar-refractivity contribution in [2.75, 3.05) is 0 Å². The Balaban J connectivity index is 2.29. The minimum Gasteiger partial charge on any atom is -0.432 e. The average molecular weight is 326 g/mol. The zero-order valence-corrected chi connectivity index (χ0v) is 13.8. The van der Waals surface area contributed by atoms with E-state index in [9.17, 15) is 13.6 Å². The smallest absolute Gasteiger partial charge is 0.394 e. The van der Waals surface area contributed by atoms with E-state index in [2.05, 4.69) is 10.6 Å². The van der Waals surface area contributed by atoms with E-state index in [-0.39, 0.29) is 11.7 Å². The second-order valence-electron chi connectivity index (χ2n) is 6.08. The van der Waals surface area contributed by atoms with E-state index in [1.165, 1.54) is 6.07 Å². The third-order valence-corrected chi connectivity index (χ3v) is 4.00. The Morgan fingerprint density at radius 3 is 2.39 bits per heavy atom. The fourth-order valence-electron chi connectivity index (χ4n) is 3.16. The lowest BCUT2D eigenvalue weighted by molar-refractivity contribution is -0.159. The number of hydrogen-bond acceptors (Lipinski definition) is 3. The number of para-hydroxylation sites is 1. The first-order valence-corrected chi connectivity index (χ1v) is 8.06. The largest absolute Gasteiger partial charge is 0.432 e. The summed E-state index contributed by atoms with van der Waals surface area (Å²) in [5, 5.41) is 6.19. The number of hydrogen-bond donors (Lipinski definition) is 2. The van der Waals surface area contributed by atoms with Crippen LogP contribution in [0.3, 0.4) is 0 Å². The number of halogens is 2. The lowest BCUT2D eigenvalue weighted by Crippen LogP contribution is -2.46. The van der Waals surface area contributed by atoms with Crippen molar-refractivity contribution >= 4 is 5.91 Å². The van der Waals surface area contributed by atoms with Crippen LogP contribution in [0.5, 0.6) is 5.75 Å². The summed E-state index contributed by atoms with van der Waals surface area (Å²) in [5.74, 6) is -0.00846. The maximum absolute atomic E-state index is 13.2. The molecule has 6 heteroatoms. The van der Waals surface area contributed by atoms with Gasteiger partial charge in [-0.15, -0.1) is 0 Å². The molecule has 0 radical (unpaired) electrons. The summed E-state index contributed by atoms with van der Waals surface area (Å²) < 4.78 is 31.2. The molecule has 1 fully saturated rings. The molecule has 1 saturated heterocycles. The van der Waals surface area contributed by atoms with Gasteiger partial charge in [-0.1, -0.05) is 44.9 Å². The summed E-state index contributed by atoms with van der Waals surface area (Å²) in [6.07, 6.45) is -0.676. The molecule has 1 aliphatic heterocycles. The topological polar surface area (TPSA) is 50.4 Å². The van der Waals surface area contributed by atoms with Crippen molar-refractivity contribution < 1.29 is 18.3 Å². The molecule has 0 bridgehead atoms. The number of ether oxygens (including phenoxy) is 1. The van der Waals surface area contributed by atoms with Gasteiger partial charge >= 0.3 is 6.11 Å². The molecule has 0 aliphatic carbocycles. The van der Waals surface area contributed by atoms with Crippen LogP contribution in [-0.4, -0.2) is 17.6 Å². The molecule has 1 amide bonds. The Kier molecular flexibility index (Phi) is 5.24. The Labute approximate surface area is 135 Å². The molecule has 4 nitrogen and oxygen atoms in total. The van der Waals surface area contributed by atoms with E-state index in [0.29, 0.717) is 25.3 Å². The molecule has 1 heterocycles. The minimum absolute atomic E-state index is 0.0709. The van der Waals surface area contributed by atoms with Crippen molar-refractivity contribution in [3.63, 3.8) is 0 Å². The number of benzene rings is 1. The molecule has 1 aliphatic rings. The molecule has 1 aromatic carbocycles. The molecule has 0 spiro atoms. The fourth-order valence-corrected chi connectivity index (χ4v) is 3.16. The van der Waals surface area contributed by atoms with E-state index in [4.69, 9.17) is 4.74 Å². The van der Waals surface area contributed by atoms with Gasteiger partial charge in [-0.3, -0.25) is 10.1 Å². The first-order valence-electron chi connectivity index (χ1n) is 8.06. The van der Waals surface area contributed by atoms with E-state index < -0.39 is 17.8 Å². The predicted molar refractivity (Wildman–Crippen MR) is 84.3 cm³/mol. The van der Waals surface area contributed by atoms with Gasteiger partial charge in [-0.25, -0.2) is 0 Å². The molecule has 2 rings (SSSR count). The Morgan fingerprint density at radius 1 is 1.22 bits per heavy atom. The van der Waals surface area contributed by atoms with E-state index >= 15 is 0 Å². The van der Waals surface area contributed by atoms with Crippen molar-refractivity contribution in [1.29, 1.82) is 0 Å². The van der Waals surface area contributed by atoms with Gasteiger partial charge < -0.3 is 10.1 Å². The third kappa shape index (κ3) is 3.99. The van der Waals surface area contributed by atoms with Crippen molar-refractivity contribution in [1.82, 2.24) is 10.6 Å². The van der Waals surface area contributed by atoms with Crippen LogP contribution in [0.25, 0.3) is 0 Å². The van der Waals surface area contributed by atoms with Crippen molar-refractivity contribution in [3.8, 4) is 5.75 Å². The van der Waals surface area contributed by atoms with Gasteiger partial charge in [0.05, 0.1) is 5.54 Å². The van der Waals surface area contributed by atoms with Gasteiger partial charge in [0.15, 0.2) is 0 Å². The number of carbonyl (C=O) groups is 1. The lowest BCUT2D eigenvalue weighted by atomic mass is 9.89. The maximum atomic E-state index is 13.2. The summed E-state index contributed by atoms with van der Waals surface area (Å²) >= 11 is 0. The van der Waals surface area contributed by atoms with Crippen molar-refractivity contribution in [2.24, 2.45) is 0 Å². The van der Waals surface area contributed by atoms with Crippen molar-refractivity contribution in [2.45, 2.75) is 64.3 Å². The molecule has 1 unspecified atom stereocenters. The summed E-state index contributed by atoms with van der Waals surface area (Å²) in [5.41, 5.74) is -0.132. The van der Waals surface area contributed by atoms with Crippen LogP contribution in [0.2, 0.25) is 0 Å². The van der Waals surface area contributed by atoms with Gasteiger partial charge in [0.2, 0.25) is 5.91 Å². The van der Waals surface area contributed by atoms with Gasteiger partial charge in [0.25, 0.3) is 0 Å². The quantitative estimate of drug-likeness (QED) is 0.802. The Hall–Kier alpha value is -1.69. The average Bonchev–Trinajstić information content (AvgIpc) is 2.76. The highest BCUT2D eigenvalue weighted by molar-refractivity contribution is 5.89. The summed E-state index contributed by atoms with van der Waals surface area (Å²) in [4.78, 5) is 12.5. The van der Waals surface area contributed by atoms with Gasteiger partial charge in [0.1, 0.15) is 11.9 Å². The SMILES string of the molecule is CCCC1(CCC)NC(c2ccccc2OC(C)(F)F)NC1=O. The zero-order valence-electron chi connectivity index (χ0n) is 13.8. The number of alkyl halides is 2. The fraction of sp³-hybridized carbons (Fsp3) is 0.588. The lowest BCUT2D eigenvalue weighted by Gasteiger charge is -2.27. The summed E-state index contributed by atoms with van der Waals surface area (Å²) in [6.45, 7) is 4.74. The second-order valence-corrected chi connectivity index (χ2v) is 6.08. The first kappa shape index (κ1) is 17.7. The first-order chi connectivity index (χ1) is 10.8. The number of carbonyl (C=O) groups excluding carboxylic acids is 1. The van der Waals surface area contributed by atoms with E-state index in [0.717, 1.165) is 12.8 Å². The Bertz CT molecular complexity index is 552. The molecule has 0 aromatic heterocycles. The van der Waals surface area contributed by atoms with Crippen LogP contribution in [0, 0.1) is 0 Å². The molecular formula is C17H24F2N2O2. The van der Waals surface area contributed by atoms with Crippen LogP contribution >= 0.6 is 0 Å². The highest BCUT2D eigenvalue weighted by Gasteiger charge is 2.45. The second kappa shape index (κ2) is 6.83. The van der Waals surface area contributed by atoms with Crippen LogP contribution in [0.15, 0.2) is 24.3 Å². The zero-order chi connectivity index (χ0) is 17.1. The summed E-state index contributed by atoms with van der Waals surface area (Å²) in [7, 11) is 0. The number of nitrogens with one attached hydrogen (secondary N) is 2. The van der Waals surface area contributed by atoms with Crippen LogP contribution < -0.4 is 15.4 Å². The van der Waals surface area contributed by atoms with Gasteiger partial charge in [-0.2, -0.15) is 8.78 Å². The monoisotopic (exact) mass is 326 g/mol. The van der Waals surface area contributed by atoms with Gasteiger partial charge in [0, 0.05) is 12.5 Å². The summed E-state index contributed by atoms with van der Waals surface area (Å²) in [6, 6.07) is 6.55. The maximum Gasteiger partial charge on any atom is 0.394 e. The van der Waals surface area contributed by atoms with E-state index in [1.807, 2.05) is 13.8 Å². The van der Waals surface area contributed by atoms with Gasteiger partial charge in [-0.05, 0) is 18.9 Å². The van der Waals surface area contributed by atoms with Crippen molar-refractivity contribution in [3.05, 3.63) is 29.8 Å². The number of rotatable bonds is 7. The third-order valence-electron chi connectivity index (χ3n) is 4.00. The highest BCUT2D eigenvalue weighted by Crippen LogP contribution is 2.34. The predicted octanol–water partition coefficient (Wildman–Crippen LogP) is 3.74. The molecule has 2 N–H and O–H groups in total. The molecule has 0 saturated carbocycles.